The summed E-state index contributed by atoms with van der Waals surface area (Å²) in [5.74, 6) is 5.27. The molecular formula is C13H18N2O5S. The average Bonchev–Trinajstić information content (AvgIpc) is 2.92. The first-order valence-corrected chi connectivity index (χ1v) is 8.38. The molecule has 0 spiro atoms. The van der Waals surface area contributed by atoms with Gasteiger partial charge in [-0.2, -0.15) is 0 Å². The van der Waals surface area contributed by atoms with Gasteiger partial charge in [-0.25, -0.2) is 14.3 Å². The van der Waals surface area contributed by atoms with Crippen LogP contribution in [0, 0.1) is 0 Å². The largest absolute Gasteiger partial charge is 0.491 e. The fourth-order valence-corrected chi connectivity index (χ4v) is 2.72. The molecule has 21 heavy (non-hydrogen) atoms. The second-order valence-electron chi connectivity index (χ2n) is 4.89. The molecule has 2 rings (SSSR count). The van der Waals surface area contributed by atoms with E-state index in [2.05, 4.69) is 5.43 Å². The molecule has 1 heterocycles. The van der Waals surface area contributed by atoms with E-state index >= 15 is 0 Å². The Morgan fingerprint density at radius 2 is 2.05 bits per heavy atom. The van der Waals surface area contributed by atoms with Gasteiger partial charge in [-0.05, 0) is 37.1 Å². The number of carbonyl (C=O) groups is 1. The number of nitrogens with one attached hydrogen (secondary N) is 1. The van der Waals surface area contributed by atoms with Crippen LogP contribution in [0.15, 0.2) is 29.2 Å². The van der Waals surface area contributed by atoms with Gasteiger partial charge in [0.2, 0.25) is 0 Å². The molecule has 1 fully saturated rings. The molecule has 0 aromatic heterocycles. The second-order valence-corrected chi connectivity index (χ2v) is 6.90. The van der Waals surface area contributed by atoms with Crippen LogP contribution < -0.4 is 16.0 Å². The van der Waals surface area contributed by atoms with Crippen LogP contribution in [-0.2, 0) is 19.4 Å². The SMILES string of the molecule is CS(=O)(=O)c1ccc(OCC2CCC(C(=O)NN)O2)cc1. The molecule has 1 amide bonds. The highest BCUT2D eigenvalue weighted by molar-refractivity contribution is 7.90. The van der Waals surface area contributed by atoms with Crippen LogP contribution in [0.1, 0.15) is 12.8 Å². The zero-order valence-corrected chi connectivity index (χ0v) is 12.4. The van der Waals surface area contributed by atoms with Gasteiger partial charge < -0.3 is 9.47 Å². The molecule has 0 saturated carbocycles. The lowest BCUT2D eigenvalue weighted by molar-refractivity contribution is -0.132. The zero-order chi connectivity index (χ0) is 15.5. The molecule has 8 heteroatoms. The summed E-state index contributed by atoms with van der Waals surface area (Å²) in [4.78, 5) is 11.5. The Morgan fingerprint density at radius 1 is 1.38 bits per heavy atom. The van der Waals surface area contributed by atoms with Gasteiger partial charge in [0.15, 0.2) is 9.84 Å². The average molecular weight is 314 g/mol. The van der Waals surface area contributed by atoms with Crippen molar-refractivity contribution in [3.8, 4) is 5.75 Å². The van der Waals surface area contributed by atoms with Gasteiger partial charge >= 0.3 is 0 Å². The van der Waals surface area contributed by atoms with Crippen molar-refractivity contribution in [2.45, 2.75) is 29.9 Å². The first-order valence-electron chi connectivity index (χ1n) is 6.49. The molecule has 1 aliphatic heterocycles. The lowest BCUT2D eigenvalue weighted by Gasteiger charge is -2.13. The summed E-state index contributed by atoms with van der Waals surface area (Å²) in [6.07, 6.45) is 1.75. The number of hydrazine groups is 1. The quantitative estimate of drug-likeness (QED) is 0.450. The van der Waals surface area contributed by atoms with Crippen molar-refractivity contribution >= 4 is 15.7 Å². The molecule has 7 nitrogen and oxygen atoms in total. The highest BCUT2D eigenvalue weighted by Gasteiger charge is 2.30. The highest BCUT2D eigenvalue weighted by atomic mass is 32.2. The lowest BCUT2D eigenvalue weighted by Crippen LogP contribution is -2.39. The Hall–Kier alpha value is -1.64. The van der Waals surface area contributed by atoms with E-state index in [0.29, 0.717) is 25.2 Å². The van der Waals surface area contributed by atoms with Crippen molar-refractivity contribution < 1.29 is 22.7 Å². The van der Waals surface area contributed by atoms with Crippen molar-refractivity contribution in [3.05, 3.63) is 24.3 Å². The molecule has 2 unspecified atom stereocenters. The van der Waals surface area contributed by atoms with Gasteiger partial charge in [0.25, 0.3) is 5.91 Å². The van der Waals surface area contributed by atoms with E-state index in [0.717, 1.165) is 6.26 Å². The topological polar surface area (TPSA) is 108 Å². The van der Waals surface area contributed by atoms with Crippen LogP contribution in [0.5, 0.6) is 5.75 Å². The number of sulfone groups is 1. The summed E-state index contributed by atoms with van der Waals surface area (Å²) in [5.41, 5.74) is 2.06. The maximum Gasteiger partial charge on any atom is 0.263 e. The third-order valence-corrected chi connectivity index (χ3v) is 4.36. The fourth-order valence-electron chi connectivity index (χ4n) is 2.09. The minimum Gasteiger partial charge on any atom is -0.491 e. The van der Waals surface area contributed by atoms with Gasteiger partial charge in [-0.1, -0.05) is 0 Å². The van der Waals surface area contributed by atoms with Gasteiger partial charge in [-0.3, -0.25) is 10.2 Å². The lowest BCUT2D eigenvalue weighted by atomic mass is 10.2. The van der Waals surface area contributed by atoms with E-state index < -0.39 is 15.9 Å². The third kappa shape index (κ3) is 4.16. The van der Waals surface area contributed by atoms with Crippen molar-refractivity contribution in [1.29, 1.82) is 0 Å². The molecule has 3 N–H and O–H groups in total. The Labute approximate surface area is 123 Å². The van der Waals surface area contributed by atoms with Crippen LogP contribution in [-0.4, -0.2) is 39.4 Å². The normalized spacial score (nSPS) is 22.0. The Bertz CT molecular complexity index is 599. The number of rotatable bonds is 5. The molecular weight excluding hydrogens is 296 g/mol. The van der Waals surface area contributed by atoms with E-state index in [-0.39, 0.29) is 16.9 Å². The minimum absolute atomic E-state index is 0.179. The van der Waals surface area contributed by atoms with E-state index in [1.165, 1.54) is 12.1 Å². The number of benzene rings is 1. The van der Waals surface area contributed by atoms with E-state index in [9.17, 15) is 13.2 Å². The summed E-state index contributed by atoms with van der Waals surface area (Å²) in [7, 11) is -3.21. The van der Waals surface area contributed by atoms with Gasteiger partial charge in [-0.15, -0.1) is 0 Å². The summed E-state index contributed by atoms with van der Waals surface area (Å²) >= 11 is 0. The monoisotopic (exact) mass is 314 g/mol. The number of ether oxygens (including phenoxy) is 2. The standard InChI is InChI=1S/C13H18N2O5S/c1-21(17,18)11-5-2-9(3-6-11)19-8-10-4-7-12(20-10)13(16)15-14/h2-3,5-6,10,12H,4,7-8,14H2,1H3,(H,15,16). The van der Waals surface area contributed by atoms with E-state index in [4.69, 9.17) is 15.3 Å². The number of hydrogen-bond donors (Lipinski definition) is 2. The minimum atomic E-state index is -3.21. The summed E-state index contributed by atoms with van der Waals surface area (Å²) < 4.78 is 33.7. The van der Waals surface area contributed by atoms with Crippen molar-refractivity contribution in [2.24, 2.45) is 5.84 Å². The maximum absolute atomic E-state index is 11.3. The summed E-state index contributed by atoms with van der Waals surface area (Å²) in [6, 6.07) is 6.17. The molecule has 116 valence electrons. The molecule has 0 aliphatic carbocycles. The first-order chi connectivity index (χ1) is 9.90. The highest BCUT2D eigenvalue weighted by Crippen LogP contribution is 2.22. The predicted octanol–water partition coefficient (Wildman–Crippen LogP) is 0.00640. The summed E-state index contributed by atoms with van der Waals surface area (Å²) in [5, 5.41) is 0. The van der Waals surface area contributed by atoms with Gasteiger partial charge in [0, 0.05) is 6.26 Å². The third-order valence-electron chi connectivity index (χ3n) is 3.23. The fraction of sp³-hybridized carbons (Fsp3) is 0.462. The molecule has 1 aromatic rings. The number of nitrogens with two attached hydrogens (primary N) is 1. The number of carbonyl (C=O) groups excluding carboxylic acids is 1. The number of amides is 1. The Morgan fingerprint density at radius 3 is 2.62 bits per heavy atom. The van der Waals surface area contributed by atoms with Crippen LogP contribution in [0.25, 0.3) is 0 Å². The number of hydrogen-bond acceptors (Lipinski definition) is 6. The van der Waals surface area contributed by atoms with Crippen LogP contribution in [0.3, 0.4) is 0 Å². The van der Waals surface area contributed by atoms with Crippen molar-refractivity contribution in [2.75, 3.05) is 12.9 Å². The van der Waals surface area contributed by atoms with E-state index in [1.54, 1.807) is 12.1 Å². The van der Waals surface area contributed by atoms with Crippen LogP contribution in [0.2, 0.25) is 0 Å². The molecule has 1 aliphatic rings. The molecule has 0 bridgehead atoms. The van der Waals surface area contributed by atoms with Gasteiger partial charge in [0.05, 0.1) is 11.0 Å². The molecule has 1 saturated heterocycles. The van der Waals surface area contributed by atoms with Crippen molar-refractivity contribution in [3.63, 3.8) is 0 Å². The van der Waals surface area contributed by atoms with Crippen molar-refractivity contribution in [1.82, 2.24) is 5.43 Å². The van der Waals surface area contributed by atoms with E-state index in [1.807, 2.05) is 0 Å². The predicted molar refractivity (Wildman–Crippen MR) is 75.3 cm³/mol. The molecule has 0 radical (unpaired) electrons. The molecule has 1 aromatic carbocycles. The van der Waals surface area contributed by atoms with Crippen LogP contribution >= 0.6 is 0 Å². The molecule has 2 atom stereocenters. The summed E-state index contributed by atoms with van der Waals surface area (Å²) in [6.45, 7) is 0.298. The first kappa shape index (κ1) is 15.7. The zero-order valence-electron chi connectivity index (χ0n) is 11.6. The van der Waals surface area contributed by atoms with Crippen LogP contribution in [0.4, 0.5) is 0 Å². The Balaban J connectivity index is 1.86. The van der Waals surface area contributed by atoms with Gasteiger partial charge in [0.1, 0.15) is 18.5 Å². The second kappa shape index (κ2) is 6.42. The smallest absolute Gasteiger partial charge is 0.263 e. The Kier molecular flexibility index (Phi) is 4.81. The maximum atomic E-state index is 11.3.